The monoisotopic (exact) mass is 418 g/mol. The number of aliphatic hydroxyl groups is 1. The van der Waals surface area contributed by atoms with E-state index in [1.807, 2.05) is 4.90 Å². The highest BCUT2D eigenvalue weighted by Crippen LogP contribution is 2.39. The molecule has 3 N–H and O–H groups in total. The summed E-state index contributed by atoms with van der Waals surface area (Å²) < 4.78 is 6.14. The maximum Gasteiger partial charge on any atom is 0.222 e. The summed E-state index contributed by atoms with van der Waals surface area (Å²) in [6.07, 6.45) is 7.60. The summed E-state index contributed by atoms with van der Waals surface area (Å²) in [4.78, 5) is 26.1. The van der Waals surface area contributed by atoms with Gasteiger partial charge in [-0.15, -0.1) is 0 Å². The fraction of sp³-hybridized carbons (Fsp3) is 0.773. The maximum atomic E-state index is 12.8. The lowest BCUT2D eigenvalue weighted by Gasteiger charge is -2.51. The van der Waals surface area contributed by atoms with E-state index in [0.29, 0.717) is 51.8 Å². The van der Waals surface area contributed by atoms with E-state index < -0.39 is 17.2 Å². The first kappa shape index (κ1) is 21.3. The summed E-state index contributed by atoms with van der Waals surface area (Å²) in [5.74, 6) is -0.00507. The zero-order chi connectivity index (χ0) is 21.4. The van der Waals surface area contributed by atoms with Crippen molar-refractivity contribution < 1.29 is 19.4 Å². The fourth-order valence-corrected chi connectivity index (χ4v) is 5.33. The average molecular weight is 419 g/mol. The highest BCUT2D eigenvalue weighted by molar-refractivity contribution is 5.76. The number of likely N-dealkylation sites (tertiary alicyclic amines) is 1. The number of nitrogens with zero attached hydrogens (tertiary/aromatic N) is 2. The number of H-pyrrole nitrogens is 1. The molecule has 0 unspecified atom stereocenters. The SMILES string of the molecule is CC(=O)N[C@H]1COC2(CCN(C(=O)CCc3n[nH]c4c3CCCC4)CC2)C[C@]1(C)O. The van der Waals surface area contributed by atoms with Crippen molar-refractivity contribution in [2.24, 2.45) is 0 Å². The van der Waals surface area contributed by atoms with Crippen LogP contribution >= 0.6 is 0 Å². The Bertz CT molecular complexity index is 795. The third-order valence-electron chi connectivity index (χ3n) is 7.11. The van der Waals surface area contributed by atoms with E-state index in [1.165, 1.54) is 31.0 Å². The van der Waals surface area contributed by atoms with Gasteiger partial charge in [0.2, 0.25) is 11.8 Å². The molecule has 8 nitrogen and oxygen atoms in total. The van der Waals surface area contributed by atoms with E-state index in [1.54, 1.807) is 6.92 Å². The normalized spacial score (nSPS) is 28.2. The topological polar surface area (TPSA) is 108 Å². The molecular formula is C22H34N4O4. The van der Waals surface area contributed by atoms with Gasteiger partial charge < -0.3 is 20.1 Å². The summed E-state index contributed by atoms with van der Waals surface area (Å²) in [7, 11) is 0. The van der Waals surface area contributed by atoms with Gasteiger partial charge in [-0.25, -0.2) is 0 Å². The molecule has 2 fully saturated rings. The number of aromatic amines is 1. The molecule has 30 heavy (non-hydrogen) atoms. The van der Waals surface area contributed by atoms with Crippen LogP contribution in [-0.2, 0) is 33.6 Å². The zero-order valence-electron chi connectivity index (χ0n) is 18.1. The quantitative estimate of drug-likeness (QED) is 0.682. The molecule has 0 radical (unpaired) electrons. The van der Waals surface area contributed by atoms with Crippen LogP contribution < -0.4 is 5.32 Å². The molecule has 0 aromatic carbocycles. The molecule has 1 spiro atoms. The van der Waals surface area contributed by atoms with Crippen molar-refractivity contribution in [2.45, 2.75) is 88.9 Å². The molecule has 2 aliphatic heterocycles. The third kappa shape index (κ3) is 4.39. The molecule has 4 rings (SSSR count). The second-order valence-electron chi connectivity index (χ2n) is 9.50. The highest BCUT2D eigenvalue weighted by Gasteiger charge is 2.49. The Hall–Kier alpha value is -1.93. The van der Waals surface area contributed by atoms with Crippen LogP contribution in [0.4, 0.5) is 0 Å². The molecule has 1 aromatic heterocycles. The molecule has 2 saturated heterocycles. The molecule has 1 aromatic rings. The number of carbonyl (C=O) groups excluding carboxylic acids is 2. The van der Waals surface area contributed by atoms with Gasteiger partial charge in [0.15, 0.2) is 0 Å². The number of rotatable bonds is 4. The zero-order valence-corrected chi connectivity index (χ0v) is 18.1. The van der Waals surface area contributed by atoms with E-state index in [0.717, 1.165) is 18.5 Å². The first-order valence-electron chi connectivity index (χ1n) is 11.2. The minimum atomic E-state index is -1.02. The molecule has 2 atom stereocenters. The van der Waals surface area contributed by atoms with E-state index in [-0.39, 0.29) is 11.8 Å². The summed E-state index contributed by atoms with van der Waals surface area (Å²) >= 11 is 0. The van der Waals surface area contributed by atoms with Gasteiger partial charge in [0.1, 0.15) is 0 Å². The number of ether oxygens (including phenoxy) is 1. The summed E-state index contributed by atoms with van der Waals surface area (Å²) in [5.41, 5.74) is 2.20. The van der Waals surface area contributed by atoms with Gasteiger partial charge >= 0.3 is 0 Å². The van der Waals surface area contributed by atoms with Crippen LogP contribution in [0.2, 0.25) is 0 Å². The number of hydrogen-bond acceptors (Lipinski definition) is 5. The van der Waals surface area contributed by atoms with Crippen LogP contribution in [0, 0.1) is 0 Å². The van der Waals surface area contributed by atoms with Crippen molar-refractivity contribution in [3.05, 3.63) is 17.0 Å². The Morgan fingerprint density at radius 1 is 1.30 bits per heavy atom. The van der Waals surface area contributed by atoms with Crippen LogP contribution in [0.15, 0.2) is 0 Å². The number of hydrogen-bond donors (Lipinski definition) is 3. The maximum absolute atomic E-state index is 12.8. The molecule has 3 aliphatic rings. The lowest BCUT2D eigenvalue weighted by Crippen LogP contribution is -2.64. The lowest BCUT2D eigenvalue weighted by atomic mass is 9.75. The molecule has 3 heterocycles. The Morgan fingerprint density at radius 3 is 2.73 bits per heavy atom. The number of nitrogens with one attached hydrogen (secondary N) is 2. The average Bonchev–Trinajstić information content (AvgIpc) is 3.12. The molecule has 0 bridgehead atoms. The first-order chi connectivity index (χ1) is 14.3. The van der Waals surface area contributed by atoms with Gasteiger partial charge in [0.05, 0.1) is 29.5 Å². The van der Waals surface area contributed by atoms with Crippen molar-refractivity contribution in [3.63, 3.8) is 0 Å². The van der Waals surface area contributed by atoms with Crippen molar-refractivity contribution >= 4 is 11.8 Å². The lowest BCUT2D eigenvalue weighted by molar-refractivity contribution is -0.190. The smallest absolute Gasteiger partial charge is 0.222 e. The van der Waals surface area contributed by atoms with Gasteiger partial charge in [-0.05, 0) is 51.0 Å². The Balaban J connectivity index is 1.28. The second-order valence-corrected chi connectivity index (χ2v) is 9.50. The molecule has 166 valence electrons. The predicted octanol–water partition coefficient (Wildman–Crippen LogP) is 1.26. The van der Waals surface area contributed by atoms with Crippen LogP contribution in [0.3, 0.4) is 0 Å². The number of amides is 2. The van der Waals surface area contributed by atoms with E-state index in [9.17, 15) is 14.7 Å². The van der Waals surface area contributed by atoms with Crippen LogP contribution in [-0.4, -0.2) is 69.0 Å². The minimum absolute atomic E-state index is 0.163. The van der Waals surface area contributed by atoms with Crippen LogP contribution in [0.1, 0.15) is 69.3 Å². The van der Waals surface area contributed by atoms with Gasteiger partial charge in [0, 0.05) is 45.0 Å². The molecule has 8 heteroatoms. The van der Waals surface area contributed by atoms with E-state index in [4.69, 9.17) is 4.74 Å². The largest absolute Gasteiger partial charge is 0.388 e. The predicted molar refractivity (Wildman–Crippen MR) is 111 cm³/mol. The third-order valence-corrected chi connectivity index (χ3v) is 7.11. The van der Waals surface area contributed by atoms with Gasteiger partial charge in [-0.2, -0.15) is 5.10 Å². The van der Waals surface area contributed by atoms with Crippen molar-refractivity contribution in [2.75, 3.05) is 19.7 Å². The van der Waals surface area contributed by atoms with E-state index in [2.05, 4.69) is 15.5 Å². The van der Waals surface area contributed by atoms with E-state index >= 15 is 0 Å². The summed E-state index contributed by atoms with van der Waals surface area (Å²) in [5, 5.41) is 21.3. The van der Waals surface area contributed by atoms with Crippen LogP contribution in [0.25, 0.3) is 0 Å². The van der Waals surface area contributed by atoms with Crippen LogP contribution in [0.5, 0.6) is 0 Å². The molecule has 0 saturated carbocycles. The first-order valence-corrected chi connectivity index (χ1v) is 11.2. The fourth-order valence-electron chi connectivity index (χ4n) is 5.33. The summed E-state index contributed by atoms with van der Waals surface area (Å²) in [6.45, 7) is 4.78. The Morgan fingerprint density at radius 2 is 2.03 bits per heavy atom. The number of aryl methyl sites for hydroxylation is 2. The number of aromatic nitrogens is 2. The number of carbonyl (C=O) groups is 2. The van der Waals surface area contributed by atoms with Crippen molar-refractivity contribution in [3.8, 4) is 0 Å². The van der Waals surface area contributed by atoms with Gasteiger partial charge in [-0.1, -0.05) is 0 Å². The Kier molecular flexibility index (Phi) is 5.90. The van der Waals surface area contributed by atoms with Crippen molar-refractivity contribution in [1.29, 1.82) is 0 Å². The molecular weight excluding hydrogens is 384 g/mol. The van der Waals surface area contributed by atoms with Crippen molar-refractivity contribution in [1.82, 2.24) is 20.4 Å². The number of fused-ring (bicyclic) bond motifs is 1. The number of piperidine rings is 1. The molecule has 2 amide bonds. The highest BCUT2D eigenvalue weighted by atomic mass is 16.5. The second kappa shape index (κ2) is 8.30. The minimum Gasteiger partial charge on any atom is -0.388 e. The standard InChI is InChI=1S/C22H34N4O4/c1-15(27)23-19-13-30-22(14-21(19,2)29)9-11-26(12-10-22)20(28)8-7-18-16-5-3-4-6-17(16)24-25-18/h19,29H,3-14H2,1-2H3,(H,23,27)(H,24,25)/t19-,21-/m0/s1. The molecule has 1 aliphatic carbocycles. The van der Waals surface area contributed by atoms with Gasteiger partial charge in [0.25, 0.3) is 0 Å². The van der Waals surface area contributed by atoms with Gasteiger partial charge in [-0.3, -0.25) is 14.7 Å². The summed E-state index contributed by atoms with van der Waals surface area (Å²) in [6, 6.07) is -0.403. The Labute approximate surface area is 177 Å².